The third kappa shape index (κ3) is 4.77. The van der Waals surface area contributed by atoms with Crippen LogP contribution in [-0.2, 0) is 14.3 Å². The third-order valence-electron chi connectivity index (χ3n) is 2.78. The summed E-state index contributed by atoms with van der Waals surface area (Å²) in [5.41, 5.74) is 0.0408. The first-order chi connectivity index (χ1) is 11.5. The second-order valence-electron chi connectivity index (χ2n) is 4.23. The van der Waals surface area contributed by atoms with Crippen molar-refractivity contribution < 1.29 is 38.1 Å². The molecule has 0 saturated heterocycles. The van der Waals surface area contributed by atoms with Crippen molar-refractivity contribution in [1.29, 1.82) is 0 Å². The fourth-order valence-corrected chi connectivity index (χ4v) is 1.79. The summed E-state index contributed by atoms with van der Waals surface area (Å²) in [5.74, 6) is -0.961. The van der Waals surface area contributed by atoms with Gasteiger partial charge in [-0.1, -0.05) is 0 Å². The molecule has 0 heterocycles. The fraction of sp³-hybridized carbons (Fsp3) is 0.400. The Balaban J connectivity index is 2.81. The van der Waals surface area contributed by atoms with Crippen LogP contribution in [0.3, 0.4) is 0 Å². The largest absolute Gasteiger partial charge is 0.493 e. The maximum Gasteiger partial charge on any atom is 0.413 e. The van der Waals surface area contributed by atoms with E-state index in [0.717, 1.165) is 0 Å². The minimum absolute atomic E-state index is 0.0408. The molecule has 0 aliphatic heterocycles. The Morgan fingerprint density at radius 2 is 1.62 bits per heavy atom. The van der Waals surface area contributed by atoms with Crippen LogP contribution in [0.4, 0.5) is 4.79 Å². The van der Waals surface area contributed by atoms with Gasteiger partial charge in [0.05, 0.1) is 27.9 Å². The normalized spacial score (nSPS) is 9.67. The number of carbonyl (C=O) groups is 3. The average Bonchev–Trinajstić information content (AvgIpc) is 2.58. The highest BCUT2D eigenvalue weighted by Gasteiger charge is 2.22. The van der Waals surface area contributed by atoms with Crippen LogP contribution in [-0.4, -0.2) is 52.5 Å². The summed E-state index contributed by atoms with van der Waals surface area (Å²) in [6.45, 7) is 1.05. The van der Waals surface area contributed by atoms with E-state index in [1.54, 1.807) is 6.92 Å². The topological polar surface area (TPSA) is 109 Å². The molecular weight excluding hydrogens is 322 g/mol. The highest BCUT2D eigenvalue weighted by atomic mass is 16.6. The minimum atomic E-state index is -0.915. The molecule has 0 fully saturated rings. The molecule has 9 nitrogen and oxygen atoms in total. The predicted molar refractivity (Wildman–Crippen MR) is 81.5 cm³/mol. The van der Waals surface area contributed by atoms with E-state index in [0.29, 0.717) is 5.75 Å². The second kappa shape index (κ2) is 9.23. The van der Waals surface area contributed by atoms with Crippen LogP contribution in [0.2, 0.25) is 0 Å². The van der Waals surface area contributed by atoms with Crippen molar-refractivity contribution in [3.63, 3.8) is 0 Å². The lowest BCUT2D eigenvalue weighted by molar-refractivity contribution is -0.123. The summed E-state index contributed by atoms with van der Waals surface area (Å²) >= 11 is 0. The van der Waals surface area contributed by atoms with E-state index in [4.69, 9.17) is 18.9 Å². The molecule has 0 aromatic heterocycles. The summed E-state index contributed by atoms with van der Waals surface area (Å²) < 4.78 is 24.8. The van der Waals surface area contributed by atoms with Gasteiger partial charge in [-0.05, 0) is 19.1 Å². The first kappa shape index (κ1) is 19.1. The molecule has 1 rings (SSSR count). The lowest BCUT2D eigenvalue weighted by Gasteiger charge is -2.15. The summed E-state index contributed by atoms with van der Waals surface area (Å²) in [6.07, 6.45) is -0.915. The van der Waals surface area contributed by atoms with Crippen molar-refractivity contribution >= 4 is 18.0 Å². The Hall–Kier alpha value is -2.97. The van der Waals surface area contributed by atoms with Gasteiger partial charge in [0.1, 0.15) is 5.56 Å². The lowest BCUT2D eigenvalue weighted by atomic mass is 10.1. The van der Waals surface area contributed by atoms with E-state index in [9.17, 15) is 14.4 Å². The summed E-state index contributed by atoms with van der Waals surface area (Å²) in [4.78, 5) is 34.7. The molecule has 0 radical (unpaired) electrons. The van der Waals surface area contributed by atoms with Gasteiger partial charge in [0.15, 0.2) is 18.1 Å². The van der Waals surface area contributed by atoms with Gasteiger partial charge in [-0.25, -0.2) is 9.59 Å². The summed E-state index contributed by atoms with van der Waals surface area (Å²) in [6, 6.07) is 2.91. The number of alkyl carbamates (subject to hydrolysis) is 1. The van der Waals surface area contributed by atoms with Crippen molar-refractivity contribution in [2.24, 2.45) is 0 Å². The molecule has 132 valence electrons. The monoisotopic (exact) mass is 341 g/mol. The van der Waals surface area contributed by atoms with Crippen LogP contribution in [0, 0.1) is 0 Å². The number of hydrogen-bond acceptors (Lipinski definition) is 8. The number of hydrogen-bond donors (Lipinski definition) is 1. The molecule has 0 spiro atoms. The molecule has 0 aliphatic rings. The number of amides is 2. The average molecular weight is 341 g/mol. The van der Waals surface area contributed by atoms with Crippen molar-refractivity contribution in [3.8, 4) is 17.2 Å². The van der Waals surface area contributed by atoms with E-state index in [-0.39, 0.29) is 23.7 Å². The molecule has 0 atom stereocenters. The van der Waals surface area contributed by atoms with Crippen LogP contribution in [0.5, 0.6) is 17.2 Å². The number of methoxy groups -OCH3 is 3. The van der Waals surface area contributed by atoms with Gasteiger partial charge in [-0.15, -0.1) is 0 Å². The van der Waals surface area contributed by atoms with Crippen LogP contribution in [0.1, 0.15) is 17.3 Å². The van der Waals surface area contributed by atoms with Crippen molar-refractivity contribution in [1.82, 2.24) is 5.32 Å². The van der Waals surface area contributed by atoms with Crippen LogP contribution in [0.25, 0.3) is 0 Å². The molecule has 0 saturated carbocycles. The molecule has 1 aromatic rings. The first-order valence-corrected chi connectivity index (χ1v) is 6.91. The van der Waals surface area contributed by atoms with E-state index in [2.05, 4.69) is 4.74 Å². The van der Waals surface area contributed by atoms with Gasteiger partial charge in [0, 0.05) is 0 Å². The molecular formula is C15H19NO8. The fourth-order valence-electron chi connectivity index (χ4n) is 1.79. The van der Waals surface area contributed by atoms with Gasteiger partial charge < -0.3 is 23.7 Å². The number of nitrogens with one attached hydrogen (secondary N) is 1. The molecule has 0 bridgehead atoms. The quantitative estimate of drug-likeness (QED) is 0.735. The van der Waals surface area contributed by atoms with Crippen molar-refractivity contribution in [2.75, 3.05) is 34.5 Å². The van der Waals surface area contributed by atoms with Gasteiger partial charge in [0.25, 0.3) is 5.91 Å². The second-order valence-corrected chi connectivity index (χ2v) is 4.23. The van der Waals surface area contributed by atoms with Gasteiger partial charge >= 0.3 is 12.1 Å². The molecule has 0 unspecified atom stereocenters. The summed E-state index contributed by atoms with van der Waals surface area (Å²) in [5, 5.41) is 1.90. The van der Waals surface area contributed by atoms with Crippen molar-refractivity contribution in [2.45, 2.75) is 6.92 Å². The Bertz CT molecular complexity index is 614. The highest BCUT2D eigenvalue weighted by molar-refractivity contribution is 5.97. The zero-order valence-electron chi connectivity index (χ0n) is 13.8. The minimum Gasteiger partial charge on any atom is -0.493 e. The van der Waals surface area contributed by atoms with E-state index >= 15 is 0 Å². The smallest absolute Gasteiger partial charge is 0.413 e. The van der Waals surface area contributed by atoms with Crippen LogP contribution < -0.4 is 19.5 Å². The van der Waals surface area contributed by atoms with Crippen LogP contribution >= 0.6 is 0 Å². The van der Waals surface area contributed by atoms with Crippen LogP contribution in [0.15, 0.2) is 12.1 Å². The highest BCUT2D eigenvalue weighted by Crippen LogP contribution is 2.39. The summed E-state index contributed by atoms with van der Waals surface area (Å²) in [7, 11) is 4.18. The zero-order chi connectivity index (χ0) is 18.1. The standard InChI is InChI=1S/C15H19NO8/c1-5-23-15(19)16-11(17)8-24-14(18)9-6-7-10(20-2)13(22-4)12(9)21-3/h6-7H,5,8H2,1-4H3,(H,16,17,19). The SMILES string of the molecule is CCOC(=O)NC(=O)COC(=O)c1ccc(OC)c(OC)c1OC. The molecule has 24 heavy (non-hydrogen) atoms. The lowest BCUT2D eigenvalue weighted by Crippen LogP contribution is -2.34. The Morgan fingerprint density at radius 1 is 0.958 bits per heavy atom. The maximum atomic E-state index is 12.1. The number of carbonyl (C=O) groups excluding carboxylic acids is 3. The Morgan fingerprint density at radius 3 is 2.17 bits per heavy atom. The Kier molecular flexibility index (Phi) is 7.34. The Labute approximate surface area is 138 Å². The molecule has 9 heteroatoms. The molecule has 1 N–H and O–H groups in total. The molecule has 2 amide bonds. The number of imide groups is 1. The number of ether oxygens (including phenoxy) is 5. The number of rotatable bonds is 7. The van der Waals surface area contributed by atoms with Gasteiger partial charge in [-0.2, -0.15) is 0 Å². The molecule has 1 aromatic carbocycles. The number of benzene rings is 1. The van der Waals surface area contributed by atoms with Crippen molar-refractivity contribution in [3.05, 3.63) is 17.7 Å². The van der Waals surface area contributed by atoms with E-state index in [1.165, 1.54) is 33.5 Å². The third-order valence-corrected chi connectivity index (χ3v) is 2.78. The van der Waals surface area contributed by atoms with E-state index in [1.807, 2.05) is 5.32 Å². The zero-order valence-corrected chi connectivity index (χ0v) is 13.8. The number of esters is 1. The maximum absolute atomic E-state index is 12.1. The van der Waals surface area contributed by atoms with E-state index < -0.39 is 24.6 Å². The first-order valence-electron chi connectivity index (χ1n) is 6.91. The predicted octanol–water partition coefficient (Wildman–Crippen LogP) is 1.14. The van der Waals surface area contributed by atoms with Gasteiger partial charge in [0.2, 0.25) is 5.75 Å². The van der Waals surface area contributed by atoms with Gasteiger partial charge in [-0.3, -0.25) is 10.1 Å². The molecule has 0 aliphatic carbocycles.